The summed E-state index contributed by atoms with van der Waals surface area (Å²) in [6, 6.07) is 19.7. The maximum atomic E-state index is 12.6. The molecule has 22 heavy (non-hydrogen) atoms. The number of hydrogen-bond acceptors (Lipinski definition) is 2. The molecule has 104 valence electrons. The Morgan fingerprint density at radius 3 is 2.45 bits per heavy atom. The lowest BCUT2D eigenvalue weighted by Crippen LogP contribution is -2.05. The average Bonchev–Trinajstić information content (AvgIpc) is 2.95. The minimum atomic E-state index is -0.108. The molecule has 3 aromatic carbocycles. The predicted octanol–water partition coefficient (Wildman–Crippen LogP) is 4.58. The molecule has 0 bridgehead atoms. The lowest BCUT2D eigenvalue weighted by atomic mass is 10.0. The first-order chi connectivity index (χ1) is 10.8. The van der Waals surface area contributed by atoms with Gasteiger partial charge in [0.15, 0.2) is 0 Å². The second-order valence-corrected chi connectivity index (χ2v) is 5.47. The molecule has 0 unspecified atom stereocenters. The minimum Gasteiger partial charge on any atom is -0.455 e. The van der Waals surface area contributed by atoms with Crippen molar-refractivity contribution in [1.82, 2.24) is 4.98 Å². The quantitative estimate of drug-likeness (QED) is 0.423. The van der Waals surface area contributed by atoms with Crippen molar-refractivity contribution in [2.24, 2.45) is 0 Å². The van der Waals surface area contributed by atoms with Crippen LogP contribution in [-0.2, 0) is 0 Å². The molecule has 0 atom stereocenters. The van der Waals surface area contributed by atoms with Crippen LogP contribution in [0.5, 0.6) is 0 Å². The molecule has 0 aliphatic carbocycles. The third-order valence-corrected chi connectivity index (χ3v) is 4.23. The fourth-order valence-electron chi connectivity index (χ4n) is 3.23. The van der Waals surface area contributed by atoms with Crippen LogP contribution < -0.4 is 5.56 Å². The number of benzene rings is 3. The van der Waals surface area contributed by atoms with Gasteiger partial charge in [-0.25, -0.2) is 0 Å². The Morgan fingerprint density at radius 2 is 1.55 bits per heavy atom. The Labute approximate surface area is 124 Å². The number of fused-ring (bicyclic) bond motifs is 7. The number of nitrogens with one attached hydrogen (secondary N) is 1. The Balaban J connectivity index is 2.14. The van der Waals surface area contributed by atoms with Crippen molar-refractivity contribution in [2.45, 2.75) is 0 Å². The molecule has 3 heteroatoms. The van der Waals surface area contributed by atoms with Crippen molar-refractivity contribution in [1.29, 1.82) is 0 Å². The molecule has 2 heterocycles. The maximum absolute atomic E-state index is 12.6. The molecular weight excluding hydrogens is 274 g/mol. The van der Waals surface area contributed by atoms with E-state index in [4.69, 9.17) is 4.42 Å². The number of aromatic amines is 1. The molecule has 5 rings (SSSR count). The number of hydrogen-bond donors (Lipinski definition) is 1. The van der Waals surface area contributed by atoms with Crippen LogP contribution in [0.3, 0.4) is 0 Å². The zero-order chi connectivity index (χ0) is 14.7. The van der Waals surface area contributed by atoms with Gasteiger partial charge < -0.3 is 9.40 Å². The number of rotatable bonds is 0. The van der Waals surface area contributed by atoms with Crippen LogP contribution in [0.25, 0.3) is 43.6 Å². The number of pyridine rings is 1. The van der Waals surface area contributed by atoms with Crippen LogP contribution in [0, 0.1) is 0 Å². The Hall–Kier alpha value is -3.07. The minimum absolute atomic E-state index is 0.108. The summed E-state index contributed by atoms with van der Waals surface area (Å²) in [7, 11) is 0. The van der Waals surface area contributed by atoms with E-state index in [1.54, 1.807) is 0 Å². The third-order valence-electron chi connectivity index (χ3n) is 4.23. The fourth-order valence-corrected chi connectivity index (χ4v) is 3.23. The van der Waals surface area contributed by atoms with Gasteiger partial charge in [0.05, 0.1) is 10.9 Å². The van der Waals surface area contributed by atoms with E-state index in [1.807, 2.05) is 54.6 Å². The molecule has 2 aromatic heterocycles. The number of para-hydroxylation sites is 1. The van der Waals surface area contributed by atoms with Gasteiger partial charge in [-0.05, 0) is 17.5 Å². The Kier molecular flexibility index (Phi) is 2.09. The number of furan rings is 1. The third kappa shape index (κ3) is 1.37. The van der Waals surface area contributed by atoms with E-state index >= 15 is 0 Å². The van der Waals surface area contributed by atoms with Crippen molar-refractivity contribution < 1.29 is 4.42 Å². The Morgan fingerprint density at radius 1 is 0.773 bits per heavy atom. The van der Waals surface area contributed by atoms with Gasteiger partial charge in [-0.15, -0.1) is 0 Å². The van der Waals surface area contributed by atoms with Gasteiger partial charge in [0, 0.05) is 16.2 Å². The van der Waals surface area contributed by atoms with Crippen LogP contribution in [0.4, 0.5) is 0 Å². The second kappa shape index (κ2) is 3.98. The molecule has 1 N–H and O–H groups in total. The first-order valence-electron chi connectivity index (χ1n) is 7.18. The van der Waals surface area contributed by atoms with Crippen molar-refractivity contribution in [3.63, 3.8) is 0 Å². The Bertz CT molecular complexity index is 1240. The normalized spacial score (nSPS) is 11.8. The summed E-state index contributed by atoms with van der Waals surface area (Å²) < 4.78 is 5.98. The highest BCUT2D eigenvalue weighted by Gasteiger charge is 2.14. The summed E-state index contributed by atoms with van der Waals surface area (Å²) in [6.07, 6.45) is 0. The van der Waals surface area contributed by atoms with Gasteiger partial charge >= 0.3 is 0 Å². The van der Waals surface area contributed by atoms with Crippen LogP contribution in [0.15, 0.2) is 69.9 Å². The van der Waals surface area contributed by atoms with Gasteiger partial charge in [-0.1, -0.05) is 48.5 Å². The lowest BCUT2D eigenvalue weighted by molar-refractivity contribution is 0.672. The molecule has 0 radical (unpaired) electrons. The average molecular weight is 285 g/mol. The zero-order valence-electron chi connectivity index (χ0n) is 11.6. The summed E-state index contributed by atoms with van der Waals surface area (Å²) in [5, 5.41) is 4.54. The molecule has 0 fully saturated rings. The number of H-pyrrole nitrogens is 1. The van der Waals surface area contributed by atoms with Crippen molar-refractivity contribution in [3.8, 4) is 0 Å². The van der Waals surface area contributed by atoms with E-state index in [-0.39, 0.29) is 5.56 Å². The standard InChI is InChI=1S/C19H11NO2/c21-19-16-13-7-3-4-8-15(13)22-18(16)14-10-9-11-5-1-2-6-12(11)17(14)20-19/h1-10H,(H,20,21). The van der Waals surface area contributed by atoms with Gasteiger partial charge in [0.25, 0.3) is 5.56 Å². The van der Waals surface area contributed by atoms with Gasteiger partial charge in [0.1, 0.15) is 11.2 Å². The van der Waals surface area contributed by atoms with E-state index in [9.17, 15) is 4.79 Å². The summed E-state index contributed by atoms with van der Waals surface area (Å²) >= 11 is 0. The van der Waals surface area contributed by atoms with E-state index in [0.717, 1.165) is 32.6 Å². The summed E-state index contributed by atoms with van der Waals surface area (Å²) in [6.45, 7) is 0. The molecular formula is C19H11NO2. The monoisotopic (exact) mass is 285 g/mol. The molecule has 0 aliphatic heterocycles. The summed E-state index contributed by atoms with van der Waals surface area (Å²) in [5.74, 6) is 0. The van der Waals surface area contributed by atoms with Crippen LogP contribution >= 0.6 is 0 Å². The fraction of sp³-hybridized carbons (Fsp3) is 0. The molecule has 3 nitrogen and oxygen atoms in total. The SMILES string of the molecule is O=c1[nH]c2c3ccccc3ccc2c2oc3ccccc3c12. The maximum Gasteiger partial charge on any atom is 0.260 e. The molecule has 0 saturated carbocycles. The lowest BCUT2D eigenvalue weighted by Gasteiger charge is -2.03. The highest BCUT2D eigenvalue weighted by Crippen LogP contribution is 2.33. The smallest absolute Gasteiger partial charge is 0.260 e. The van der Waals surface area contributed by atoms with Crippen LogP contribution in [0.1, 0.15) is 0 Å². The summed E-state index contributed by atoms with van der Waals surface area (Å²) in [4.78, 5) is 15.6. The van der Waals surface area contributed by atoms with Gasteiger partial charge in [0.2, 0.25) is 0 Å². The highest BCUT2D eigenvalue weighted by atomic mass is 16.3. The van der Waals surface area contributed by atoms with E-state index in [0.29, 0.717) is 11.0 Å². The second-order valence-electron chi connectivity index (χ2n) is 5.47. The largest absolute Gasteiger partial charge is 0.455 e. The molecule has 0 saturated heterocycles. The number of aromatic nitrogens is 1. The van der Waals surface area contributed by atoms with Crippen LogP contribution in [0.2, 0.25) is 0 Å². The summed E-state index contributed by atoms with van der Waals surface area (Å²) in [5.41, 5.74) is 2.12. The van der Waals surface area contributed by atoms with Gasteiger partial charge in [-0.3, -0.25) is 4.79 Å². The molecule has 0 amide bonds. The molecule has 5 aromatic rings. The van der Waals surface area contributed by atoms with E-state index in [1.165, 1.54) is 0 Å². The highest BCUT2D eigenvalue weighted by molar-refractivity contribution is 6.18. The predicted molar refractivity (Wildman–Crippen MR) is 89.4 cm³/mol. The zero-order valence-corrected chi connectivity index (χ0v) is 11.6. The van der Waals surface area contributed by atoms with Crippen molar-refractivity contribution >= 4 is 43.6 Å². The van der Waals surface area contributed by atoms with E-state index in [2.05, 4.69) is 11.1 Å². The topological polar surface area (TPSA) is 46.0 Å². The first kappa shape index (κ1) is 11.6. The van der Waals surface area contributed by atoms with E-state index < -0.39 is 0 Å². The van der Waals surface area contributed by atoms with Crippen molar-refractivity contribution in [2.75, 3.05) is 0 Å². The first-order valence-corrected chi connectivity index (χ1v) is 7.18. The molecule has 0 aliphatic rings. The van der Waals surface area contributed by atoms with Crippen LogP contribution in [-0.4, -0.2) is 4.98 Å². The molecule has 0 spiro atoms. The van der Waals surface area contributed by atoms with Gasteiger partial charge in [-0.2, -0.15) is 0 Å². The van der Waals surface area contributed by atoms with Crippen molar-refractivity contribution in [3.05, 3.63) is 71.0 Å².